The molecule has 0 saturated carbocycles. The third kappa shape index (κ3) is 2.01. The molecule has 0 fully saturated rings. The Balaban J connectivity index is 2.51. The molecule has 3 nitrogen and oxygen atoms in total. The van der Waals surface area contributed by atoms with Crippen LogP contribution in [0.1, 0.15) is 30.3 Å². The minimum absolute atomic E-state index is 0.302. The van der Waals surface area contributed by atoms with E-state index in [0.29, 0.717) is 10.9 Å². The molecule has 0 unspecified atom stereocenters. The number of hydrogen-bond acceptors (Lipinski definition) is 4. The second-order valence-corrected chi connectivity index (χ2v) is 5.17. The SMILES string of the molecule is CC(C)c1nc(-c2ccco2)sc1C(N)=S. The zero-order chi connectivity index (χ0) is 11.7. The van der Waals surface area contributed by atoms with Gasteiger partial charge in [0.25, 0.3) is 0 Å². The first-order valence-corrected chi connectivity index (χ1v) is 6.16. The number of thiocarbonyl (C=S) groups is 1. The maximum absolute atomic E-state index is 5.69. The largest absolute Gasteiger partial charge is 0.462 e. The Kier molecular flexibility index (Phi) is 3.07. The van der Waals surface area contributed by atoms with Gasteiger partial charge in [0.15, 0.2) is 10.8 Å². The quantitative estimate of drug-likeness (QED) is 0.852. The van der Waals surface area contributed by atoms with E-state index in [1.165, 1.54) is 11.3 Å². The smallest absolute Gasteiger partial charge is 0.162 e. The Morgan fingerprint density at radius 2 is 2.31 bits per heavy atom. The number of rotatable bonds is 3. The summed E-state index contributed by atoms with van der Waals surface area (Å²) in [6, 6.07) is 3.72. The molecule has 2 heterocycles. The van der Waals surface area contributed by atoms with Crippen molar-refractivity contribution in [3.8, 4) is 10.8 Å². The summed E-state index contributed by atoms with van der Waals surface area (Å²) in [5.41, 5.74) is 6.64. The van der Waals surface area contributed by atoms with Crippen molar-refractivity contribution in [1.29, 1.82) is 0 Å². The highest BCUT2D eigenvalue weighted by atomic mass is 32.1. The van der Waals surface area contributed by atoms with Crippen LogP contribution in [-0.2, 0) is 0 Å². The molecule has 84 valence electrons. The van der Waals surface area contributed by atoms with Gasteiger partial charge in [-0.2, -0.15) is 0 Å². The summed E-state index contributed by atoms with van der Waals surface area (Å²) in [5.74, 6) is 1.06. The number of nitrogens with two attached hydrogens (primary N) is 1. The van der Waals surface area contributed by atoms with Gasteiger partial charge in [0.2, 0.25) is 0 Å². The van der Waals surface area contributed by atoms with Gasteiger partial charge in [-0.25, -0.2) is 4.98 Å². The summed E-state index contributed by atoms with van der Waals surface area (Å²) in [5, 5.41) is 0.830. The van der Waals surface area contributed by atoms with E-state index in [2.05, 4.69) is 18.8 Å². The maximum atomic E-state index is 5.69. The van der Waals surface area contributed by atoms with Crippen LogP contribution in [0.3, 0.4) is 0 Å². The molecule has 0 amide bonds. The van der Waals surface area contributed by atoms with Crippen molar-refractivity contribution < 1.29 is 4.42 Å². The molecule has 0 aromatic carbocycles. The monoisotopic (exact) mass is 252 g/mol. The number of furan rings is 1. The number of nitrogens with zero attached hydrogens (tertiary/aromatic N) is 1. The fraction of sp³-hybridized carbons (Fsp3) is 0.273. The van der Waals surface area contributed by atoms with E-state index in [9.17, 15) is 0 Å². The number of thiazole rings is 1. The lowest BCUT2D eigenvalue weighted by molar-refractivity contribution is 0.581. The van der Waals surface area contributed by atoms with Gasteiger partial charge in [0, 0.05) is 0 Å². The second kappa shape index (κ2) is 4.35. The molecule has 0 spiro atoms. The van der Waals surface area contributed by atoms with Gasteiger partial charge in [-0.15, -0.1) is 11.3 Å². The average molecular weight is 252 g/mol. The Bertz CT molecular complexity index is 500. The molecule has 5 heteroatoms. The van der Waals surface area contributed by atoms with E-state index in [1.54, 1.807) is 6.26 Å². The predicted octanol–water partition coefficient (Wildman–Crippen LogP) is 3.16. The van der Waals surface area contributed by atoms with E-state index >= 15 is 0 Å². The highest BCUT2D eigenvalue weighted by molar-refractivity contribution is 7.81. The zero-order valence-corrected chi connectivity index (χ0v) is 10.7. The molecular weight excluding hydrogens is 240 g/mol. The predicted molar refractivity (Wildman–Crippen MR) is 69.8 cm³/mol. The Morgan fingerprint density at radius 3 is 2.75 bits per heavy atom. The van der Waals surface area contributed by atoms with Crippen LogP contribution in [0, 0.1) is 0 Å². The third-order valence-electron chi connectivity index (χ3n) is 2.16. The standard InChI is InChI=1S/C11H12N2OS2/c1-6(2)8-9(10(12)15)16-11(13-8)7-4-3-5-14-7/h3-6H,1-2H3,(H2,12,15). The van der Waals surface area contributed by atoms with Crippen LogP contribution in [0.5, 0.6) is 0 Å². The summed E-state index contributed by atoms with van der Waals surface area (Å²) < 4.78 is 5.31. The van der Waals surface area contributed by atoms with Gasteiger partial charge in [-0.05, 0) is 18.1 Å². The maximum Gasteiger partial charge on any atom is 0.162 e. The summed E-state index contributed by atoms with van der Waals surface area (Å²) in [6.45, 7) is 4.14. The Morgan fingerprint density at radius 1 is 1.56 bits per heavy atom. The summed E-state index contributed by atoms with van der Waals surface area (Å²) >= 11 is 6.51. The van der Waals surface area contributed by atoms with Crippen molar-refractivity contribution in [2.45, 2.75) is 19.8 Å². The number of aromatic nitrogens is 1. The van der Waals surface area contributed by atoms with Crippen LogP contribution in [0.25, 0.3) is 10.8 Å². The van der Waals surface area contributed by atoms with Crippen molar-refractivity contribution in [3.63, 3.8) is 0 Å². The number of hydrogen-bond donors (Lipinski definition) is 1. The first-order valence-electron chi connectivity index (χ1n) is 4.94. The van der Waals surface area contributed by atoms with Crippen molar-refractivity contribution in [2.24, 2.45) is 5.73 Å². The average Bonchev–Trinajstić information content (AvgIpc) is 2.86. The molecule has 0 radical (unpaired) electrons. The normalized spacial score (nSPS) is 10.9. The van der Waals surface area contributed by atoms with E-state index < -0.39 is 0 Å². The van der Waals surface area contributed by atoms with Crippen LogP contribution < -0.4 is 5.73 Å². The van der Waals surface area contributed by atoms with Crippen LogP contribution in [0.15, 0.2) is 22.8 Å². The van der Waals surface area contributed by atoms with Crippen LogP contribution >= 0.6 is 23.6 Å². The molecule has 0 aliphatic rings. The van der Waals surface area contributed by atoms with Crippen LogP contribution in [0.2, 0.25) is 0 Å². The molecule has 16 heavy (non-hydrogen) atoms. The van der Waals surface area contributed by atoms with Crippen molar-refractivity contribution in [1.82, 2.24) is 4.98 Å². The fourth-order valence-corrected chi connectivity index (χ4v) is 2.68. The van der Waals surface area contributed by atoms with E-state index in [4.69, 9.17) is 22.4 Å². The summed E-state index contributed by atoms with van der Waals surface area (Å²) in [7, 11) is 0. The Hall–Kier alpha value is -1.20. The van der Waals surface area contributed by atoms with Gasteiger partial charge in [-0.3, -0.25) is 0 Å². The first kappa shape index (κ1) is 11.3. The van der Waals surface area contributed by atoms with Crippen molar-refractivity contribution in [2.75, 3.05) is 0 Å². The molecule has 0 aliphatic heterocycles. The highest BCUT2D eigenvalue weighted by Gasteiger charge is 2.17. The topological polar surface area (TPSA) is 52.0 Å². The van der Waals surface area contributed by atoms with Crippen molar-refractivity contribution in [3.05, 3.63) is 29.0 Å². The Labute approximate surface area is 103 Å². The lowest BCUT2D eigenvalue weighted by Crippen LogP contribution is -2.10. The summed E-state index contributed by atoms with van der Waals surface area (Å²) in [6.07, 6.45) is 1.63. The van der Waals surface area contributed by atoms with Crippen molar-refractivity contribution >= 4 is 28.5 Å². The van der Waals surface area contributed by atoms with Gasteiger partial charge in [-0.1, -0.05) is 26.1 Å². The molecule has 2 aromatic heterocycles. The summed E-state index contributed by atoms with van der Waals surface area (Å²) in [4.78, 5) is 5.82. The fourth-order valence-electron chi connectivity index (χ4n) is 1.41. The van der Waals surface area contributed by atoms with Gasteiger partial charge < -0.3 is 10.2 Å². The third-order valence-corrected chi connectivity index (χ3v) is 3.61. The molecular formula is C11H12N2OS2. The molecule has 2 rings (SSSR count). The first-order chi connectivity index (χ1) is 7.59. The minimum Gasteiger partial charge on any atom is -0.462 e. The lowest BCUT2D eigenvalue weighted by atomic mass is 10.1. The van der Waals surface area contributed by atoms with Gasteiger partial charge in [0.05, 0.1) is 16.8 Å². The molecule has 0 bridgehead atoms. The zero-order valence-electron chi connectivity index (χ0n) is 9.06. The minimum atomic E-state index is 0.302. The van der Waals surface area contributed by atoms with E-state index in [0.717, 1.165) is 21.3 Å². The lowest BCUT2D eigenvalue weighted by Gasteiger charge is -2.02. The molecule has 0 saturated heterocycles. The molecule has 0 atom stereocenters. The highest BCUT2D eigenvalue weighted by Crippen LogP contribution is 2.31. The molecule has 2 N–H and O–H groups in total. The second-order valence-electron chi connectivity index (χ2n) is 3.73. The van der Waals surface area contributed by atoms with Crippen LogP contribution in [0.4, 0.5) is 0 Å². The van der Waals surface area contributed by atoms with Gasteiger partial charge in [0.1, 0.15) is 4.99 Å². The van der Waals surface area contributed by atoms with E-state index in [-0.39, 0.29) is 0 Å². The molecule has 2 aromatic rings. The molecule has 0 aliphatic carbocycles. The van der Waals surface area contributed by atoms with Gasteiger partial charge >= 0.3 is 0 Å². The van der Waals surface area contributed by atoms with Crippen LogP contribution in [-0.4, -0.2) is 9.97 Å². The van der Waals surface area contributed by atoms with E-state index in [1.807, 2.05) is 12.1 Å².